The highest BCUT2D eigenvalue weighted by molar-refractivity contribution is 7.89. The lowest BCUT2D eigenvalue weighted by atomic mass is 9.98. The van der Waals surface area contributed by atoms with Crippen molar-refractivity contribution in [3.63, 3.8) is 0 Å². The van der Waals surface area contributed by atoms with E-state index < -0.39 is 15.9 Å². The van der Waals surface area contributed by atoms with Gasteiger partial charge in [0.15, 0.2) is 6.61 Å². The number of aryl methyl sites for hydroxylation is 2. The average Bonchev–Trinajstić information content (AvgIpc) is 2.77. The van der Waals surface area contributed by atoms with Crippen LogP contribution in [-0.4, -0.2) is 44.2 Å². The van der Waals surface area contributed by atoms with E-state index in [9.17, 15) is 18.0 Å². The maximum atomic E-state index is 13.4. The minimum Gasteiger partial charge on any atom is -0.482 e. The number of anilines is 1. The van der Waals surface area contributed by atoms with Gasteiger partial charge in [-0.3, -0.25) is 9.59 Å². The van der Waals surface area contributed by atoms with E-state index >= 15 is 0 Å². The van der Waals surface area contributed by atoms with Gasteiger partial charge in [0.2, 0.25) is 15.9 Å². The number of rotatable bonds is 5. The molecule has 0 spiro atoms. The fourth-order valence-corrected chi connectivity index (χ4v) is 5.91. The quantitative estimate of drug-likeness (QED) is 0.717. The molecule has 2 aliphatic rings. The first-order valence-corrected chi connectivity index (χ1v) is 12.1. The molecule has 9 heteroatoms. The molecule has 0 aliphatic carbocycles. The van der Waals surface area contributed by atoms with E-state index in [4.69, 9.17) is 4.74 Å². The molecule has 2 aliphatic heterocycles. The van der Waals surface area contributed by atoms with Gasteiger partial charge in [-0.2, -0.15) is 4.31 Å². The Hall–Kier alpha value is -2.91. The van der Waals surface area contributed by atoms with Crippen molar-refractivity contribution in [2.45, 2.75) is 38.1 Å². The van der Waals surface area contributed by atoms with Crippen LogP contribution in [0.15, 0.2) is 41.3 Å². The highest BCUT2D eigenvalue weighted by atomic mass is 32.2. The van der Waals surface area contributed by atoms with Gasteiger partial charge in [-0.05, 0) is 43.9 Å². The van der Waals surface area contributed by atoms with Crippen molar-refractivity contribution in [1.82, 2.24) is 9.62 Å². The summed E-state index contributed by atoms with van der Waals surface area (Å²) in [6.45, 7) is 4.44. The predicted molar refractivity (Wildman–Crippen MR) is 120 cm³/mol. The van der Waals surface area contributed by atoms with Crippen LogP contribution in [0.1, 0.15) is 29.5 Å². The summed E-state index contributed by atoms with van der Waals surface area (Å²) in [5.74, 6) is -0.488. The largest absolute Gasteiger partial charge is 0.482 e. The van der Waals surface area contributed by atoms with Crippen molar-refractivity contribution in [2.24, 2.45) is 5.92 Å². The lowest BCUT2D eigenvalue weighted by Crippen LogP contribution is -2.45. The number of carbonyl (C=O) groups is 2. The van der Waals surface area contributed by atoms with Gasteiger partial charge < -0.3 is 15.4 Å². The van der Waals surface area contributed by atoms with E-state index in [1.54, 1.807) is 13.0 Å². The number of nitrogens with zero attached hydrogens (tertiary/aromatic N) is 1. The Morgan fingerprint density at radius 3 is 2.84 bits per heavy atom. The molecular weight excluding hydrogens is 430 g/mol. The number of hydrogen-bond acceptors (Lipinski definition) is 5. The second kappa shape index (κ2) is 8.91. The minimum atomic E-state index is -3.82. The first-order valence-electron chi connectivity index (χ1n) is 10.6. The molecule has 0 radical (unpaired) electrons. The molecule has 0 saturated carbocycles. The fourth-order valence-electron chi connectivity index (χ4n) is 4.16. The number of amides is 2. The highest BCUT2D eigenvalue weighted by Gasteiger charge is 2.35. The van der Waals surface area contributed by atoms with Crippen LogP contribution in [0.2, 0.25) is 0 Å². The third-order valence-corrected chi connectivity index (χ3v) is 7.84. The maximum Gasteiger partial charge on any atom is 0.262 e. The zero-order valence-corrected chi connectivity index (χ0v) is 19.0. The molecule has 2 aromatic carbocycles. The topological polar surface area (TPSA) is 105 Å². The van der Waals surface area contributed by atoms with E-state index in [1.807, 2.05) is 31.2 Å². The number of fused-ring (bicyclic) bond motifs is 1. The number of piperidine rings is 1. The summed E-state index contributed by atoms with van der Waals surface area (Å²) >= 11 is 0. The van der Waals surface area contributed by atoms with Gasteiger partial charge in [0.1, 0.15) is 5.75 Å². The second-order valence-electron chi connectivity index (χ2n) is 8.36. The van der Waals surface area contributed by atoms with Crippen LogP contribution >= 0.6 is 0 Å². The van der Waals surface area contributed by atoms with Crippen molar-refractivity contribution >= 4 is 27.5 Å². The predicted octanol–water partition coefficient (Wildman–Crippen LogP) is 2.35. The van der Waals surface area contributed by atoms with Crippen molar-refractivity contribution in [3.8, 4) is 5.75 Å². The van der Waals surface area contributed by atoms with E-state index in [0.29, 0.717) is 42.9 Å². The molecule has 2 amide bonds. The molecule has 170 valence electrons. The summed E-state index contributed by atoms with van der Waals surface area (Å²) in [6.07, 6.45) is 1.25. The number of nitrogens with one attached hydrogen (secondary N) is 2. The lowest BCUT2D eigenvalue weighted by Gasteiger charge is -2.32. The van der Waals surface area contributed by atoms with Crippen molar-refractivity contribution in [1.29, 1.82) is 0 Å². The van der Waals surface area contributed by atoms with E-state index in [-0.39, 0.29) is 29.9 Å². The zero-order valence-electron chi connectivity index (χ0n) is 18.2. The van der Waals surface area contributed by atoms with Crippen molar-refractivity contribution in [3.05, 3.63) is 53.1 Å². The van der Waals surface area contributed by atoms with Crippen LogP contribution in [0.4, 0.5) is 5.69 Å². The molecular formula is C23H27N3O5S. The molecule has 1 fully saturated rings. The molecule has 8 nitrogen and oxygen atoms in total. The summed E-state index contributed by atoms with van der Waals surface area (Å²) < 4.78 is 33.6. The van der Waals surface area contributed by atoms with Crippen LogP contribution < -0.4 is 15.4 Å². The van der Waals surface area contributed by atoms with Gasteiger partial charge >= 0.3 is 0 Å². The number of sulfonamides is 1. The molecule has 32 heavy (non-hydrogen) atoms. The number of benzene rings is 2. The van der Waals surface area contributed by atoms with Crippen LogP contribution in [0.3, 0.4) is 0 Å². The van der Waals surface area contributed by atoms with Gasteiger partial charge in [-0.1, -0.05) is 29.8 Å². The third kappa shape index (κ3) is 4.63. The Labute approximate surface area is 188 Å². The molecule has 0 bridgehead atoms. The van der Waals surface area contributed by atoms with Crippen molar-refractivity contribution in [2.75, 3.05) is 25.0 Å². The van der Waals surface area contributed by atoms with Gasteiger partial charge in [0.05, 0.1) is 16.5 Å². The molecule has 2 heterocycles. The summed E-state index contributed by atoms with van der Waals surface area (Å²) in [6, 6.07) is 11.0. The Bertz CT molecular complexity index is 1160. The molecule has 0 aromatic heterocycles. The lowest BCUT2D eigenvalue weighted by molar-refractivity contribution is -0.126. The van der Waals surface area contributed by atoms with Crippen molar-refractivity contribution < 1.29 is 22.7 Å². The third-order valence-electron chi connectivity index (χ3n) is 5.83. The van der Waals surface area contributed by atoms with E-state index in [0.717, 1.165) is 11.1 Å². The normalized spacial score (nSPS) is 18.9. The first-order chi connectivity index (χ1) is 15.2. The minimum absolute atomic E-state index is 0.133. The first kappa shape index (κ1) is 22.3. The average molecular weight is 458 g/mol. The van der Waals surface area contributed by atoms with Crippen LogP contribution in [-0.2, 0) is 26.2 Å². The van der Waals surface area contributed by atoms with Gasteiger partial charge in [0, 0.05) is 25.7 Å². The van der Waals surface area contributed by atoms with E-state index in [2.05, 4.69) is 10.6 Å². The highest BCUT2D eigenvalue weighted by Crippen LogP contribution is 2.35. The second-order valence-corrected chi connectivity index (χ2v) is 10.3. The number of ether oxygens (including phenoxy) is 1. The SMILES string of the molecule is Cc1cccc(CNC(=O)[C@H]2CCCN(S(=O)(=O)c3cc4c(cc3C)NC(=O)CO4)C2)c1. The summed E-state index contributed by atoms with van der Waals surface area (Å²) in [5.41, 5.74) is 3.11. The van der Waals surface area contributed by atoms with Gasteiger partial charge in [0.25, 0.3) is 5.91 Å². The Morgan fingerprint density at radius 2 is 2.06 bits per heavy atom. The monoisotopic (exact) mass is 457 g/mol. The molecule has 4 rings (SSSR count). The summed E-state index contributed by atoms with van der Waals surface area (Å²) in [5, 5.41) is 5.63. The summed E-state index contributed by atoms with van der Waals surface area (Å²) in [4.78, 5) is 24.4. The van der Waals surface area contributed by atoms with Crippen LogP contribution in [0, 0.1) is 19.8 Å². The molecule has 0 unspecified atom stereocenters. The standard InChI is InChI=1S/C23H27N3O5S/c1-15-5-3-6-17(9-15)12-24-23(28)18-7-4-8-26(13-18)32(29,30)21-11-20-19(10-16(21)2)25-22(27)14-31-20/h3,5-6,9-11,18H,4,7-8,12-14H2,1-2H3,(H,24,28)(H,25,27)/t18-/m0/s1. The number of hydrogen-bond donors (Lipinski definition) is 2. The molecule has 1 saturated heterocycles. The maximum absolute atomic E-state index is 13.4. The van der Waals surface area contributed by atoms with E-state index in [1.165, 1.54) is 10.4 Å². The Morgan fingerprint density at radius 1 is 1.25 bits per heavy atom. The Balaban J connectivity index is 1.47. The van der Waals surface area contributed by atoms with Gasteiger partial charge in [-0.15, -0.1) is 0 Å². The molecule has 1 atom stereocenters. The molecule has 2 N–H and O–H groups in total. The van der Waals surface area contributed by atoms with Gasteiger partial charge in [-0.25, -0.2) is 8.42 Å². The summed E-state index contributed by atoms with van der Waals surface area (Å²) in [7, 11) is -3.82. The smallest absolute Gasteiger partial charge is 0.262 e. The molecule has 2 aromatic rings. The van der Waals surface area contributed by atoms with Crippen LogP contribution in [0.5, 0.6) is 5.75 Å². The zero-order chi connectivity index (χ0) is 22.9. The van der Waals surface area contributed by atoms with Crippen LogP contribution in [0.25, 0.3) is 0 Å². The Kier molecular flexibility index (Phi) is 6.21. The fraction of sp³-hybridized carbons (Fsp3) is 0.391. The number of carbonyl (C=O) groups excluding carboxylic acids is 2.